The number of hydrogen-bond acceptors (Lipinski definition) is 6. The zero-order valence-electron chi connectivity index (χ0n) is 12.8. The fourth-order valence-corrected chi connectivity index (χ4v) is 2.04. The van der Waals surface area contributed by atoms with Gasteiger partial charge in [-0.05, 0) is 12.1 Å². The van der Waals surface area contributed by atoms with Gasteiger partial charge in [0.25, 0.3) is 5.91 Å². The van der Waals surface area contributed by atoms with E-state index in [1.54, 1.807) is 24.3 Å². The first kappa shape index (κ1) is 17.4. The molecule has 0 saturated carbocycles. The molecule has 0 aliphatic heterocycles. The topological polar surface area (TPSA) is 113 Å². The second-order valence-electron chi connectivity index (χ2n) is 4.54. The first-order valence-electron chi connectivity index (χ1n) is 6.74. The number of nitrogens with two attached hydrogens (primary N) is 1. The molecule has 2 N–H and O–H groups in total. The van der Waals surface area contributed by atoms with E-state index in [0.717, 1.165) is 10.4 Å². The zero-order valence-corrected chi connectivity index (χ0v) is 13.5. The number of nitrogens with zero attached hydrogens (tertiary/aromatic N) is 4. The normalized spacial score (nSPS) is 10.8. The lowest BCUT2D eigenvalue weighted by molar-refractivity contribution is 0.0589. The van der Waals surface area contributed by atoms with Crippen LogP contribution in [-0.2, 0) is 11.3 Å². The summed E-state index contributed by atoms with van der Waals surface area (Å²) in [6.45, 7) is 3.87. The number of rotatable bonds is 6. The van der Waals surface area contributed by atoms with Gasteiger partial charge in [0.15, 0.2) is 5.69 Å². The zero-order chi connectivity index (χ0) is 17.7. The highest BCUT2D eigenvalue weighted by Crippen LogP contribution is 2.16. The van der Waals surface area contributed by atoms with Gasteiger partial charge in [-0.25, -0.2) is 4.79 Å². The Balaban J connectivity index is 2.23. The summed E-state index contributed by atoms with van der Waals surface area (Å²) in [5, 5.41) is 8.29. The van der Waals surface area contributed by atoms with Crippen LogP contribution in [0.25, 0.3) is 12.2 Å². The maximum atomic E-state index is 11.6. The summed E-state index contributed by atoms with van der Waals surface area (Å²) >= 11 is 5.92. The van der Waals surface area contributed by atoms with Crippen LogP contribution in [0.4, 0.5) is 0 Å². The Morgan fingerprint density at radius 2 is 2.12 bits per heavy atom. The lowest BCUT2D eigenvalue weighted by Crippen LogP contribution is -2.17. The maximum Gasteiger partial charge on any atom is 0.361 e. The lowest BCUT2D eigenvalue weighted by atomic mass is 10.2. The Hall–Kier alpha value is -3.00. The van der Waals surface area contributed by atoms with Crippen LogP contribution in [0.15, 0.2) is 24.9 Å². The van der Waals surface area contributed by atoms with Crippen molar-refractivity contribution in [1.29, 1.82) is 0 Å². The Labute approximate surface area is 142 Å². The summed E-state index contributed by atoms with van der Waals surface area (Å²) < 4.78 is 4.54. The lowest BCUT2D eigenvalue weighted by Gasteiger charge is -2.00. The molecular weight excluding hydrogens is 334 g/mol. The number of allylic oxidation sites excluding steroid dienone is 1. The molecule has 9 heteroatoms. The first-order valence-corrected chi connectivity index (χ1v) is 7.11. The highest BCUT2D eigenvalue weighted by Gasteiger charge is 2.22. The van der Waals surface area contributed by atoms with E-state index in [-0.39, 0.29) is 17.9 Å². The van der Waals surface area contributed by atoms with E-state index in [1.807, 2.05) is 0 Å². The molecule has 0 fully saturated rings. The minimum Gasteiger partial charge on any atom is -0.464 e. The summed E-state index contributed by atoms with van der Waals surface area (Å²) in [7, 11) is 1.18. The van der Waals surface area contributed by atoms with Gasteiger partial charge in [-0.2, -0.15) is 4.80 Å². The fraction of sp³-hybridized carbons (Fsp3) is 0.133. The molecule has 0 radical (unpaired) electrons. The standard InChI is InChI=1S/C15H14ClN5O3/c1-3-11-9(7-10(16)8-18-11)5-4-6-21-19-12(14(17)22)13(20-21)15(23)24-2/h3-5,7-8H,1,6H2,2H3,(H2,17,22)/b5-4+. The van der Waals surface area contributed by atoms with Gasteiger partial charge in [0.1, 0.15) is 0 Å². The third-order valence-electron chi connectivity index (χ3n) is 2.94. The van der Waals surface area contributed by atoms with Gasteiger partial charge in [-0.1, -0.05) is 30.3 Å². The molecule has 2 aromatic heterocycles. The molecule has 0 unspecified atom stereocenters. The molecule has 0 aliphatic carbocycles. The van der Waals surface area contributed by atoms with Gasteiger partial charge in [0.2, 0.25) is 5.69 Å². The number of aromatic nitrogens is 4. The molecule has 2 aromatic rings. The fourth-order valence-electron chi connectivity index (χ4n) is 1.87. The van der Waals surface area contributed by atoms with Gasteiger partial charge >= 0.3 is 5.97 Å². The van der Waals surface area contributed by atoms with Gasteiger partial charge in [-0.15, -0.1) is 10.2 Å². The molecule has 8 nitrogen and oxygen atoms in total. The average molecular weight is 348 g/mol. The third-order valence-corrected chi connectivity index (χ3v) is 3.15. The molecule has 2 heterocycles. The molecule has 1 amide bonds. The van der Waals surface area contributed by atoms with Crippen molar-refractivity contribution in [2.24, 2.45) is 5.73 Å². The SMILES string of the molecule is C=Cc1ncc(Cl)cc1/C=C/Cn1nc(C(N)=O)c(C(=O)OC)n1. The third kappa shape index (κ3) is 3.85. The van der Waals surface area contributed by atoms with Crippen molar-refractivity contribution in [3.63, 3.8) is 0 Å². The summed E-state index contributed by atoms with van der Waals surface area (Å²) in [4.78, 5) is 28.2. The van der Waals surface area contributed by atoms with E-state index >= 15 is 0 Å². The van der Waals surface area contributed by atoms with Crippen LogP contribution < -0.4 is 5.73 Å². The van der Waals surface area contributed by atoms with Crippen molar-refractivity contribution in [3.8, 4) is 0 Å². The Kier molecular flexibility index (Phi) is 5.43. The predicted octanol–water partition coefficient (Wildman–Crippen LogP) is 1.57. The smallest absolute Gasteiger partial charge is 0.361 e. The summed E-state index contributed by atoms with van der Waals surface area (Å²) in [6.07, 6.45) is 6.59. The van der Waals surface area contributed by atoms with Crippen LogP contribution in [-0.4, -0.2) is 39.0 Å². The molecule has 0 saturated heterocycles. The average Bonchev–Trinajstić information content (AvgIpc) is 2.99. The van der Waals surface area contributed by atoms with E-state index in [1.165, 1.54) is 13.3 Å². The van der Waals surface area contributed by atoms with Crippen molar-refractivity contribution < 1.29 is 14.3 Å². The number of esters is 1. The summed E-state index contributed by atoms with van der Waals surface area (Å²) in [5.74, 6) is -1.65. The summed E-state index contributed by atoms with van der Waals surface area (Å²) in [6, 6.07) is 1.73. The van der Waals surface area contributed by atoms with Crippen LogP contribution in [0, 0.1) is 0 Å². The summed E-state index contributed by atoms with van der Waals surface area (Å²) in [5.41, 5.74) is 6.13. The number of methoxy groups -OCH3 is 1. The minimum atomic E-state index is -0.862. The number of primary amides is 1. The number of halogens is 1. The monoisotopic (exact) mass is 347 g/mol. The highest BCUT2D eigenvalue weighted by atomic mass is 35.5. The van der Waals surface area contributed by atoms with Gasteiger partial charge in [-0.3, -0.25) is 9.78 Å². The van der Waals surface area contributed by atoms with Crippen LogP contribution >= 0.6 is 11.6 Å². The Morgan fingerprint density at radius 3 is 2.75 bits per heavy atom. The molecule has 0 aromatic carbocycles. The van der Waals surface area contributed by atoms with Gasteiger partial charge < -0.3 is 10.5 Å². The van der Waals surface area contributed by atoms with E-state index < -0.39 is 11.9 Å². The van der Waals surface area contributed by atoms with Crippen molar-refractivity contribution >= 4 is 35.6 Å². The van der Waals surface area contributed by atoms with Crippen molar-refractivity contribution in [2.75, 3.05) is 7.11 Å². The van der Waals surface area contributed by atoms with Crippen LogP contribution in [0.1, 0.15) is 32.2 Å². The Morgan fingerprint density at radius 1 is 1.42 bits per heavy atom. The minimum absolute atomic E-state index is 0.195. The molecule has 0 aliphatic rings. The predicted molar refractivity (Wildman–Crippen MR) is 88.3 cm³/mol. The highest BCUT2D eigenvalue weighted by molar-refractivity contribution is 6.30. The molecule has 0 bridgehead atoms. The quantitative estimate of drug-likeness (QED) is 0.793. The second kappa shape index (κ2) is 7.51. The first-order chi connectivity index (χ1) is 11.5. The molecule has 0 atom stereocenters. The van der Waals surface area contributed by atoms with Crippen molar-refractivity contribution in [3.05, 3.63) is 52.6 Å². The number of carbonyl (C=O) groups is 2. The number of amides is 1. The molecule has 0 spiro atoms. The second-order valence-corrected chi connectivity index (χ2v) is 4.98. The van der Waals surface area contributed by atoms with E-state index in [0.29, 0.717) is 10.7 Å². The molecular formula is C15H14ClN5O3. The largest absolute Gasteiger partial charge is 0.464 e. The van der Waals surface area contributed by atoms with E-state index in [4.69, 9.17) is 17.3 Å². The van der Waals surface area contributed by atoms with E-state index in [2.05, 4.69) is 26.5 Å². The van der Waals surface area contributed by atoms with Crippen LogP contribution in [0.2, 0.25) is 5.02 Å². The van der Waals surface area contributed by atoms with Crippen molar-refractivity contribution in [2.45, 2.75) is 6.54 Å². The Bertz CT molecular complexity index is 829. The van der Waals surface area contributed by atoms with Gasteiger partial charge in [0.05, 0.1) is 24.4 Å². The number of pyridine rings is 1. The maximum absolute atomic E-state index is 11.6. The number of carbonyl (C=O) groups excluding carboxylic acids is 2. The molecule has 24 heavy (non-hydrogen) atoms. The van der Waals surface area contributed by atoms with Crippen LogP contribution in [0.3, 0.4) is 0 Å². The van der Waals surface area contributed by atoms with Gasteiger partial charge in [0, 0.05) is 11.8 Å². The number of ether oxygens (including phenoxy) is 1. The van der Waals surface area contributed by atoms with Crippen molar-refractivity contribution in [1.82, 2.24) is 20.0 Å². The molecule has 124 valence electrons. The van der Waals surface area contributed by atoms with E-state index in [9.17, 15) is 9.59 Å². The number of hydrogen-bond donors (Lipinski definition) is 1. The van der Waals surface area contributed by atoms with Crippen LogP contribution in [0.5, 0.6) is 0 Å². The molecule has 2 rings (SSSR count).